The Kier molecular flexibility index (Phi) is 3.47. The number of imidazole rings is 1. The smallest absolute Gasteiger partial charge is 0.106 e. The minimum atomic E-state index is 0.0834. The lowest BCUT2D eigenvalue weighted by molar-refractivity contribution is 0.274. The summed E-state index contributed by atoms with van der Waals surface area (Å²) >= 11 is 9.11. The second-order valence-corrected chi connectivity index (χ2v) is 3.93. The van der Waals surface area contributed by atoms with Crippen LogP contribution >= 0.6 is 24.8 Å². The summed E-state index contributed by atoms with van der Waals surface area (Å²) in [7, 11) is 0. The first kappa shape index (κ1) is 10.7. The van der Waals surface area contributed by atoms with Gasteiger partial charge in [0.05, 0.1) is 22.2 Å². The molecular weight excluding hydrogens is 204 g/mol. The number of aliphatic hydroxyl groups is 1. The van der Waals surface area contributed by atoms with Crippen molar-refractivity contribution in [3.8, 4) is 0 Å². The van der Waals surface area contributed by atoms with Crippen LogP contribution in [0.4, 0.5) is 0 Å². The molecule has 0 aromatic carbocycles. The third-order valence-corrected chi connectivity index (χ3v) is 2.26. The monoisotopic (exact) mass is 216 g/mol. The summed E-state index contributed by atoms with van der Waals surface area (Å²) < 4.78 is 2.40. The Labute approximate surface area is 88.2 Å². The number of thiol groups is 1. The number of nitrogens with zero attached hydrogens (tertiary/aromatic N) is 2. The van der Waals surface area contributed by atoms with Crippen LogP contribution in [-0.2, 0) is 6.54 Å². The number of thiocarbonyl (C=S) groups is 1. The molecule has 1 aromatic heterocycles. The lowest BCUT2D eigenvalue weighted by atomic mass is 10.4. The van der Waals surface area contributed by atoms with Gasteiger partial charge in [-0.25, -0.2) is 4.98 Å². The number of hydrogen-bond acceptors (Lipinski definition) is 3. The molecule has 0 fully saturated rings. The van der Waals surface area contributed by atoms with Crippen LogP contribution in [0, 0.1) is 13.8 Å². The van der Waals surface area contributed by atoms with Crippen molar-refractivity contribution in [1.29, 1.82) is 0 Å². The number of hydrogen-bond donors (Lipinski definition) is 2. The van der Waals surface area contributed by atoms with Gasteiger partial charge in [0.2, 0.25) is 0 Å². The maximum absolute atomic E-state index is 8.84. The quantitative estimate of drug-likeness (QED) is 0.587. The van der Waals surface area contributed by atoms with Crippen LogP contribution in [-0.4, -0.2) is 25.5 Å². The third-order valence-electron chi connectivity index (χ3n) is 1.86. The standard InChI is InChI=1S/C8H12N2OS2/c1-5-7(8(12)13)10(3-4-11)6(2)9-5/h11H,3-4H2,1-2H3,(H,12,13). The Morgan fingerprint density at radius 3 is 2.69 bits per heavy atom. The highest BCUT2D eigenvalue weighted by atomic mass is 32.1. The summed E-state index contributed by atoms with van der Waals surface area (Å²) in [6.07, 6.45) is 0. The third kappa shape index (κ3) is 2.10. The summed E-state index contributed by atoms with van der Waals surface area (Å²) in [4.78, 5) is 4.27. The Morgan fingerprint density at radius 1 is 1.62 bits per heavy atom. The molecule has 1 rings (SSSR count). The van der Waals surface area contributed by atoms with Gasteiger partial charge in [0.15, 0.2) is 0 Å². The molecule has 0 atom stereocenters. The largest absolute Gasteiger partial charge is 0.395 e. The fourth-order valence-corrected chi connectivity index (χ4v) is 1.90. The minimum absolute atomic E-state index is 0.0834. The van der Waals surface area contributed by atoms with Gasteiger partial charge in [-0.2, -0.15) is 0 Å². The van der Waals surface area contributed by atoms with Crippen LogP contribution in [0.5, 0.6) is 0 Å². The van der Waals surface area contributed by atoms with Crippen molar-refractivity contribution in [2.24, 2.45) is 0 Å². The Morgan fingerprint density at radius 2 is 2.23 bits per heavy atom. The maximum atomic E-state index is 8.84. The summed E-state index contributed by atoms with van der Waals surface area (Å²) in [6.45, 7) is 4.37. The fourth-order valence-electron chi connectivity index (χ4n) is 1.36. The molecule has 1 heterocycles. The van der Waals surface area contributed by atoms with Crippen LogP contribution in [0.25, 0.3) is 0 Å². The van der Waals surface area contributed by atoms with E-state index in [1.54, 1.807) is 0 Å². The van der Waals surface area contributed by atoms with Crippen LogP contribution in [0.1, 0.15) is 17.2 Å². The van der Waals surface area contributed by atoms with Crippen molar-refractivity contribution in [2.75, 3.05) is 6.61 Å². The highest BCUT2D eigenvalue weighted by molar-refractivity contribution is 8.11. The Bertz CT molecular complexity index is 333. The van der Waals surface area contributed by atoms with Crippen molar-refractivity contribution >= 4 is 29.0 Å². The van der Waals surface area contributed by atoms with E-state index >= 15 is 0 Å². The van der Waals surface area contributed by atoms with Gasteiger partial charge in [-0.05, 0) is 13.8 Å². The van der Waals surface area contributed by atoms with Gasteiger partial charge in [-0.1, -0.05) is 12.2 Å². The summed E-state index contributed by atoms with van der Waals surface area (Å²) in [5, 5.41) is 8.84. The first-order valence-electron chi connectivity index (χ1n) is 3.95. The average molecular weight is 216 g/mol. The molecule has 0 unspecified atom stereocenters. The summed E-state index contributed by atoms with van der Waals surface area (Å²) in [5.74, 6) is 0.859. The van der Waals surface area contributed by atoms with Crippen LogP contribution in [0.2, 0.25) is 0 Å². The predicted molar refractivity (Wildman–Crippen MR) is 59.5 cm³/mol. The SMILES string of the molecule is Cc1nc(C)n(CCO)c1C(=S)S. The molecular formula is C8H12N2OS2. The number of aromatic nitrogens is 2. The maximum Gasteiger partial charge on any atom is 0.106 e. The predicted octanol–water partition coefficient (Wildman–Crippen LogP) is 1.10. The van der Waals surface area contributed by atoms with E-state index in [2.05, 4.69) is 17.6 Å². The molecule has 0 saturated carbocycles. The molecule has 1 aromatic rings. The van der Waals surface area contributed by atoms with Crippen LogP contribution in [0.3, 0.4) is 0 Å². The van der Waals surface area contributed by atoms with E-state index in [-0.39, 0.29) is 6.61 Å². The Hall–Kier alpha value is -0.390. The van der Waals surface area contributed by atoms with E-state index in [0.29, 0.717) is 10.7 Å². The molecule has 0 amide bonds. The summed E-state index contributed by atoms with van der Waals surface area (Å²) in [6, 6.07) is 0. The second kappa shape index (κ2) is 4.21. The normalized spacial score (nSPS) is 10.5. The van der Waals surface area contributed by atoms with Gasteiger partial charge in [-0.15, -0.1) is 12.6 Å². The lowest BCUT2D eigenvalue weighted by Gasteiger charge is -2.06. The zero-order chi connectivity index (χ0) is 10.0. The van der Waals surface area contributed by atoms with E-state index in [4.69, 9.17) is 17.3 Å². The molecule has 0 radical (unpaired) electrons. The molecule has 5 heteroatoms. The minimum Gasteiger partial charge on any atom is -0.395 e. The molecule has 0 aliphatic rings. The van der Waals surface area contributed by atoms with Crippen molar-refractivity contribution in [3.05, 3.63) is 17.2 Å². The second-order valence-electron chi connectivity index (χ2n) is 2.77. The molecule has 0 aliphatic heterocycles. The topological polar surface area (TPSA) is 38.0 Å². The Balaban J connectivity index is 3.20. The lowest BCUT2D eigenvalue weighted by Crippen LogP contribution is -2.10. The van der Waals surface area contributed by atoms with E-state index in [1.807, 2.05) is 18.4 Å². The molecule has 0 bridgehead atoms. The first-order valence-corrected chi connectivity index (χ1v) is 4.81. The molecule has 72 valence electrons. The first-order chi connectivity index (χ1) is 6.07. The van der Waals surface area contributed by atoms with Crippen molar-refractivity contribution in [3.63, 3.8) is 0 Å². The van der Waals surface area contributed by atoms with Crippen molar-refractivity contribution < 1.29 is 5.11 Å². The molecule has 0 spiro atoms. The average Bonchev–Trinajstić information content (AvgIpc) is 2.27. The molecule has 0 aliphatic carbocycles. The number of aryl methyl sites for hydroxylation is 2. The summed E-state index contributed by atoms with van der Waals surface area (Å²) in [5.41, 5.74) is 1.70. The number of aliphatic hydroxyl groups excluding tert-OH is 1. The van der Waals surface area contributed by atoms with Gasteiger partial charge in [0.25, 0.3) is 0 Å². The van der Waals surface area contributed by atoms with E-state index in [1.165, 1.54) is 0 Å². The van der Waals surface area contributed by atoms with Gasteiger partial charge in [0, 0.05) is 6.54 Å². The fraction of sp³-hybridized carbons (Fsp3) is 0.500. The van der Waals surface area contributed by atoms with Gasteiger partial charge in [0.1, 0.15) is 5.82 Å². The van der Waals surface area contributed by atoms with E-state index < -0.39 is 0 Å². The van der Waals surface area contributed by atoms with Crippen molar-refractivity contribution in [2.45, 2.75) is 20.4 Å². The molecule has 3 nitrogen and oxygen atoms in total. The zero-order valence-corrected chi connectivity index (χ0v) is 9.32. The molecule has 0 saturated heterocycles. The number of rotatable bonds is 3. The van der Waals surface area contributed by atoms with E-state index in [0.717, 1.165) is 17.2 Å². The van der Waals surface area contributed by atoms with Gasteiger partial charge < -0.3 is 9.67 Å². The van der Waals surface area contributed by atoms with Crippen LogP contribution in [0.15, 0.2) is 0 Å². The molecule has 13 heavy (non-hydrogen) atoms. The van der Waals surface area contributed by atoms with Crippen LogP contribution < -0.4 is 0 Å². The highest BCUT2D eigenvalue weighted by Crippen LogP contribution is 2.13. The zero-order valence-electron chi connectivity index (χ0n) is 7.61. The van der Waals surface area contributed by atoms with Gasteiger partial charge in [-0.3, -0.25) is 0 Å². The van der Waals surface area contributed by atoms with Crippen molar-refractivity contribution in [1.82, 2.24) is 9.55 Å². The molecule has 1 N–H and O–H groups in total. The highest BCUT2D eigenvalue weighted by Gasteiger charge is 2.12. The van der Waals surface area contributed by atoms with Gasteiger partial charge >= 0.3 is 0 Å². The van der Waals surface area contributed by atoms with E-state index in [9.17, 15) is 0 Å².